The van der Waals surface area contributed by atoms with Crippen LogP contribution in [-0.4, -0.2) is 28.8 Å². The number of pyridine rings is 1. The van der Waals surface area contributed by atoms with Crippen molar-refractivity contribution in [2.45, 2.75) is 33.6 Å². The van der Waals surface area contributed by atoms with Crippen LogP contribution in [0.1, 0.15) is 33.6 Å². The number of rotatable bonds is 5. The summed E-state index contributed by atoms with van der Waals surface area (Å²) < 4.78 is 0. The maximum atomic E-state index is 11.2. The van der Waals surface area contributed by atoms with Crippen LogP contribution < -0.4 is 5.56 Å². The van der Waals surface area contributed by atoms with Crippen LogP contribution >= 0.6 is 0 Å². The molecule has 1 heterocycles. The van der Waals surface area contributed by atoms with Gasteiger partial charge in [-0.2, -0.15) is 0 Å². The zero-order valence-corrected chi connectivity index (χ0v) is 10.9. The monoisotopic (exact) mass is 235 g/mol. The lowest BCUT2D eigenvalue weighted by Crippen LogP contribution is -2.30. The predicted molar refractivity (Wildman–Crippen MR) is 72.0 cm³/mol. The van der Waals surface area contributed by atoms with Gasteiger partial charge in [-0.1, -0.05) is 19.9 Å². The summed E-state index contributed by atoms with van der Waals surface area (Å²) in [5.74, 6) is 1.57. The molecule has 0 atom stereocenters. The molecule has 0 saturated carbocycles. The molecule has 0 spiro atoms. The third-order valence-electron chi connectivity index (χ3n) is 2.48. The highest BCUT2D eigenvalue weighted by Crippen LogP contribution is 2.06. The van der Waals surface area contributed by atoms with E-state index >= 15 is 0 Å². The first-order valence-corrected chi connectivity index (χ1v) is 6.17. The Morgan fingerprint density at radius 2 is 1.94 bits per heavy atom. The minimum Gasteiger partial charge on any atom is -0.360 e. The standard InChI is InChI=1S/C13H21N3O/c1-4-9-16(10-5-2)11(3)14-12-7-6-8-13(17)15-12/h6-8H,4-5,9-10H2,1-3H3,(H,15,17)/b14-11+. The number of aromatic amines is 1. The van der Waals surface area contributed by atoms with E-state index in [1.54, 1.807) is 12.1 Å². The molecule has 0 amide bonds. The molecule has 0 aliphatic carbocycles. The number of aromatic nitrogens is 1. The summed E-state index contributed by atoms with van der Waals surface area (Å²) in [4.78, 5) is 20.5. The first-order valence-electron chi connectivity index (χ1n) is 6.17. The summed E-state index contributed by atoms with van der Waals surface area (Å²) in [5, 5.41) is 0. The third-order valence-corrected chi connectivity index (χ3v) is 2.48. The highest BCUT2D eigenvalue weighted by molar-refractivity contribution is 5.82. The predicted octanol–water partition coefficient (Wildman–Crippen LogP) is 2.55. The van der Waals surface area contributed by atoms with Crippen molar-refractivity contribution in [1.82, 2.24) is 9.88 Å². The summed E-state index contributed by atoms with van der Waals surface area (Å²) in [5.41, 5.74) is -0.114. The van der Waals surface area contributed by atoms with Crippen LogP contribution in [0.25, 0.3) is 0 Å². The van der Waals surface area contributed by atoms with E-state index in [1.807, 2.05) is 6.92 Å². The molecule has 94 valence electrons. The van der Waals surface area contributed by atoms with Crippen molar-refractivity contribution in [2.24, 2.45) is 4.99 Å². The molecule has 0 fully saturated rings. The van der Waals surface area contributed by atoms with Crippen LogP contribution in [0, 0.1) is 0 Å². The van der Waals surface area contributed by atoms with Gasteiger partial charge >= 0.3 is 0 Å². The molecule has 1 N–H and O–H groups in total. The Balaban J connectivity index is 2.84. The van der Waals surface area contributed by atoms with Crippen molar-refractivity contribution in [3.8, 4) is 0 Å². The lowest BCUT2D eigenvalue weighted by Gasteiger charge is -2.22. The molecule has 0 radical (unpaired) electrons. The van der Waals surface area contributed by atoms with Crippen LogP contribution in [-0.2, 0) is 0 Å². The van der Waals surface area contributed by atoms with E-state index < -0.39 is 0 Å². The van der Waals surface area contributed by atoms with Crippen LogP contribution in [0.15, 0.2) is 28.0 Å². The normalized spacial score (nSPS) is 11.6. The van der Waals surface area contributed by atoms with Gasteiger partial charge in [0.2, 0.25) is 5.56 Å². The second-order valence-electron chi connectivity index (χ2n) is 4.05. The maximum Gasteiger partial charge on any atom is 0.249 e. The number of H-pyrrole nitrogens is 1. The van der Waals surface area contributed by atoms with Crippen molar-refractivity contribution >= 4 is 11.7 Å². The van der Waals surface area contributed by atoms with Crippen molar-refractivity contribution in [2.75, 3.05) is 13.1 Å². The topological polar surface area (TPSA) is 48.5 Å². The lowest BCUT2D eigenvalue weighted by molar-refractivity contribution is 0.414. The summed E-state index contributed by atoms with van der Waals surface area (Å²) >= 11 is 0. The van der Waals surface area contributed by atoms with E-state index in [2.05, 4.69) is 28.7 Å². The van der Waals surface area contributed by atoms with Gasteiger partial charge < -0.3 is 9.88 Å². The van der Waals surface area contributed by atoms with Crippen molar-refractivity contribution < 1.29 is 0 Å². The Labute approximate surface area is 102 Å². The highest BCUT2D eigenvalue weighted by atomic mass is 16.1. The molecule has 0 aliphatic rings. The van der Waals surface area contributed by atoms with Crippen LogP contribution in [0.3, 0.4) is 0 Å². The molecule has 0 aliphatic heterocycles. The van der Waals surface area contributed by atoms with Gasteiger partial charge in [0.15, 0.2) is 0 Å². The first kappa shape index (κ1) is 13.5. The minimum atomic E-state index is -0.114. The molecule has 1 aromatic rings. The van der Waals surface area contributed by atoms with Crippen LogP contribution in [0.4, 0.5) is 5.82 Å². The second-order valence-corrected chi connectivity index (χ2v) is 4.05. The summed E-state index contributed by atoms with van der Waals surface area (Å²) in [6, 6.07) is 5.01. The van der Waals surface area contributed by atoms with Gasteiger partial charge in [0, 0.05) is 19.2 Å². The fourth-order valence-corrected chi connectivity index (χ4v) is 1.72. The molecule has 17 heavy (non-hydrogen) atoms. The zero-order chi connectivity index (χ0) is 12.7. The minimum absolute atomic E-state index is 0.114. The van der Waals surface area contributed by atoms with E-state index in [4.69, 9.17) is 0 Å². The molecule has 0 aromatic carbocycles. The van der Waals surface area contributed by atoms with E-state index in [-0.39, 0.29) is 5.56 Å². The second kappa shape index (κ2) is 6.89. The van der Waals surface area contributed by atoms with E-state index in [0.29, 0.717) is 5.82 Å². The van der Waals surface area contributed by atoms with Crippen LogP contribution in [0.5, 0.6) is 0 Å². The molecule has 0 saturated heterocycles. The van der Waals surface area contributed by atoms with Gasteiger partial charge in [-0.15, -0.1) is 0 Å². The van der Waals surface area contributed by atoms with E-state index in [1.165, 1.54) is 6.07 Å². The van der Waals surface area contributed by atoms with E-state index in [9.17, 15) is 4.79 Å². The molecular formula is C13H21N3O. The molecule has 0 unspecified atom stereocenters. The Morgan fingerprint density at radius 3 is 2.47 bits per heavy atom. The van der Waals surface area contributed by atoms with Crippen molar-refractivity contribution in [3.63, 3.8) is 0 Å². The van der Waals surface area contributed by atoms with Gasteiger partial charge in [0.25, 0.3) is 0 Å². The summed E-state index contributed by atoms with van der Waals surface area (Å²) in [7, 11) is 0. The Morgan fingerprint density at radius 1 is 1.29 bits per heavy atom. The van der Waals surface area contributed by atoms with Crippen LogP contribution in [0.2, 0.25) is 0 Å². The number of amidine groups is 1. The fourth-order valence-electron chi connectivity index (χ4n) is 1.72. The number of aliphatic imine (C=N–C) groups is 1. The van der Waals surface area contributed by atoms with Gasteiger partial charge in [-0.3, -0.25) is 4.79 Å². The van der Waals surface area contributed by atoms with Crippen molar-refractivity contribution in [3.05, 3.63) is 28.6 Å². The summed E-state index contributed by atoms with van der Waals surface area (Å²) in [6.45, 7) is 8.29. The van der Waals surface area contributed by atoms with E-state index in [0.717, 1.165) is 31.8 Å². The highest BCUT2D eigenvalue weighted by Gasteiger charge is 2.04. The number of nitrogens with one attached hydrogen (secondary N) is 1. The smallest absolute Gasteiger partial charge is 0.249 e. The molecule has 4 heteroatoms. The third kappa shape index (κ3) is 4.43. The van der Waals surface area contributed by atoms with Gasteiger partial charge in [-0.25, -0.2) is 4.99 Å². The Bertz CT molecular complexity index is 417. The quantitative estimate of drug-likeness (QED) is 0.630. The average molecular weight is 235 g/mol. The molecule has 0 bridgehead atoms. The SMILES string of the molecule is CCCN(CCC)/C(C)=N/c1cccc(=O)[nH]1. The fraction of sp³-hybridized carbons (Fsp3) is 0.538. The molecule has 4 nitrogen and oxygen atoms in total. The number of hydrogen-bond donors (Lipinski definition) is 1. The maximum absolute atomic E-state index is 11.2. The van der Waals surface area contributed by atoms with Crippen molar-refractivity contribution in [1.29, 1.82) is 0 Å². The summed E-state index contributed by atoms with van der Waals surface area (Å²) in [6.07, 6.45) is 2.19. The number of hydrogen-bond acceptors (Lipinski definition) is 2. The average Bonchev–Trinajstić information content (AvgIpc) is 2.28. The first-order chi connectivity index (χ1) is 8.17. The van der Waals surface area contributed by atoms with Gasteiger partial charge in [-0.05, 0) is 25.8 Å². The van der Waals surface area contributed by atoms with Gasteiger partial charge in [0.1, 0.15) is 11.7 Å². The largest absolute Gasteiger partial charge is 0.360 e. The molecule has 1 rings (SSSR count). The molecular weight excluding hydrogens is 214 g/mol. The lowest BCUT2D eigenvalue weighted by atomic mass is 10.3. The Kier molecular flexibility index (Phi) is 5.46. The Hall–Kier alpha value is -1.58. The molecule has 1 aromatic heterocycles. The van der Waals surface area contributed by atoms with Gasteiger partial charge in [0.05, 0.1) is 0 Å². The number of nitrogens with zero attached hydrogens (tertiary/aromatic N) is 2. The zero-order valence-electron chi connectivity index (χ0n) is 10.9.